The molecule has 0 atom stereocenters. The summed E-state index contributed by atoms with van der Waals surface area (Å²) in [5, 5.41) is 24.0. The normalized spacial score (nSPS) is 14.8. The zero-order valence-corrected chi connectivity index (χ0v) is 97.7. The number of allylic oxidation sites excluding steroid dienone is 9. The van der Waals surface area contributed by atoms with Crippen LogP contribution in [0.2, 0.25) is 0 Å². The number of nitrogens with zero attached hydrogens (tertiary/aromatic N) is 12. The van der Waals surface area contributed by atoms with E-state index in [2.05, 4.69) is 4.85 Å². The number of likely N-dealkylation sites (N-methyl/N-ethyl adjacent to an activating group) is 5. The molecule has 0 unspecified atom stereocenters. The van der Waals surface area contributed by atoms with E-state index in [1.807, 2.05) is 263 Å². The van der Waals surface area contributed by atoms with Crippen LogP contribution < -0.4 is 0 Å². The van der Waals surface area contributed by atoms with Gasteiger partial charge in [-0.15, -0.1) is 0 Å². The van der Waals surface area contributed by atoms with Crippen LogP contribution in [-0.2, 0) is 19.2 Å². The van der Waals surface area contributed by atoms with Crippen molar-refractivity contribution < 1.29 is 77.0 Å². The van der Waals surface area contributed by atoms with Gasteiger partial charge in [-0.2, -0.15) is 0 Å². The van der Waals surface area contributed by atoms with Crippen molar-refractivity contribution in [1.29, 1.82) is 0 Å². The van der Waals surface area contributed by atoms with Crippen molar-refractivity contribution >= 4 is 224 Å². The standard InChI is InChI=1S/C16H13NO2.C14H11NO2.C12H11NO2.C10H8N2O2.C10H9NO2.C10H11NO2.C8H10N2O3.C6H7NO2S.C6H7NOS2.C6H7NS3.8C2H6/c1-3-5-10-8-9-13-14-11(10)6-4-7-12(14)15(18)17(2)16(13)19;1-8-6-7-11-12-9(8)4-3-5-10(12)13(16)15(2)14(11)17;1-3-4-8-5-6-9-10(7-8)12(15)13(2)11(9)14;1-3-10(11-2)8-4-6-9(7-5-8)12(13)14;1-6-3-4-7-8(5-6)10(13)11(2)9(7)12;1-3-8(2)9-4-6-10(7-5-9)11(12)13;1-4-5-6(11)9(2)8(13)10(3)7(5)12;3*1-3-4-5(8)7(2)6(9)10-4;8*1-2/h3-9H,1-2H3;3-7H,1-2H3;3-7H,1-2H3;3-7H,1H3;3-5H,1-2H3;3-7H,1-2H3;4H,1-3H3;3*3H,1-2H3;8*1-2H3/b5-3+;;4-3+;10-3-;;8-3+;;3*4-3-;;;;;;;;. The van der Waals surface area contributed by atoms with Crippen molar-refractivity contribution in [3.8, 4) is 0 Å². The van der Waals surface area contributed by atoms with Gasteiger partial charge in [0.1, 0.15) is 19.2 Å². The molecule has 0 bridgehead atoms. The number of rotatable bonds is 6. The Balaban J connectivity index is 0. The Bertz CT molecular complexity index is 6400. The highest BCUT2D eigenvalue weighted by Crippen LogP contribution is 2.37. The van der Waals surface area contributed by atoms with Gasteiger partial charge in [-0.25, -0.2) is 9.64 Å². The number of carbonyl (C=O) groups excluding carboxylic acids is 14. The molecule has 0 spiro atoms. The number of urea groups is 1. The molecule has 8 aromatic carbocycles. The van der Waals surface area contributed by atoms with Crippen LogP contribution in [0.25, 0.3) is 49.8 Å². The first-order chi connectivity index (χ1) is 71.3. The van der Waals surface area contributed by atoms with E-state index in [9.17, 15) is 87.4 Å². The molecule has 8 heterocycles. The molecule has 8 aliphatic heterocycles. The first-order valence-corrected chi connectivity index (χ1v) is 52.3. The second kappa shape index (κ2) is 69.6. The molecule has 8 aromatic rings. The van der Waals surface area contributed by atoms with Crippen LogP contribution in [-0.4, -0.2) is 213 Å². The van der Waals surface area contributed by atoms with Gasteiger partial charge in [0, 0.05) is 126 Å². The molecule has 802 valence electrons. The van der Waals surface area contributed by atoms with Crippen molar-refractivity contribution in [1.82, 2.24) is 44.1 Å². The highest BCUT2D eigenvalue weighted by Gasteiger charge is 2.39. The number of carbonyl (C=O) groups is 14. The van der Waals surface area contributed by atoms with Crippen LogP contribution in [0, 0.1) is 40.6 Å². The minimum Gasteiger partial charge on any atom is -0.320 e. The Labute approximate surface area is 913 Å². The van der Waals surface area contributed by atoms with E-state index in [-0.39, 0.29) is 81.3 Å². The average Bonchev–Trinajstić information content (AvgIpc) is 1.17. The quantitative estimate of drug-likeness (QED) is 0.0284. The van der Waals surface area contributed by atoms with Gasteiger partial charge in [-0.1, -0.05) is 305 Å². The SMILES string of the molecule is C/C=C(\C)c1ccc([N+](=O)[O-])cc1.C/C=C/c1ccc2c(c1)C(=O)N(C)C2=O.C/C=C/c1ccc2c3c(cccc13)C(=O)N(C)C2=O.C/C=C1\SC(=O)N(C)C1=O.C/C=C1\SC(=S)N(C)C1=O.C/C=C1\SC(=S)N(C)C1=S.CC.CC.CC.CC.CC.CC.CC.CC.CC=C1C(=O)N(C)C(=O)N(C)C1=O.Cc1ccc2c(c1)C(=O)N(C)C2=O.Cc1ccc2c3c(cccc13)C(=O)N(C)C2=O.[C-]#[N+]/C(=C\C)c1ccc([N+](=O)[O-])cc1. The van der Waals surface area contributed by atoms with Crippen LogP contribution >= 0.6 is 71.9 Å². The summed E-state index contributed by atoms with van der Waals surface area (Å²) in [5.41, 5.74) is 12.0. The largest absolute Gasteiger partial charge is 0.333 e. The Morgan fingerprint density at radius 3 is 1.04 bits per heavy atom. The average molecular weight is 2160 g/mol. The van der Waals surface area contributed by atoms with E-state index in [4.69, 9.17) is 43.2 Å². The third-order valence-corrected chi connectivity index (χ3v) is 25.9. The van der Waals surface area contributed by atoms with Gasteiger partial charge in [-0.05, 0) is 186 Å². The first kappa shape index (κ1) is 137. The number of aryl methyl sites for hydroxylation is 2. The van der Waals surface area contributed by atoms with Gasteiger partial charge in [0.2, 0.25) is 0 Å². The number of nitro benzene ring substituents is 2. The van der Waals surface area contributed by atoms with Gasteiger partial charge in [0.15, 0.2) is 5.70 Å². The van der Waals surface area contributed by atoms with Crippen molar-refractivity contribution in [2.45, 2.75) is 187 Å². The molecule has 0 aliphatic carbocycles. The topological polar surface area (TPSA) is 359 Å². The van der Waals surface area contributed by atoms with E-state index < -0.39 is 27.7 Å². The van der Waals surface area contributed by atoms with Crippen molar-refractivity contribution in [2.75, 3.05) is 63.4 Å². The van der Waals surface area contributed by atoms with Gasteiger partial charge in [0.05, 0.1) is 48.5 Å². The Hall–Kier alpha value is -14.6. The van der Waals surface area contributed by atoms with E-state index in [1.54, 1.807) is 131 Å². The molecule has 0 saturated carbocycles. The number of fused-ring (bicyclic) bond motifs is 2. The number of nitro groups is 2. The third-order valence-electron chi connectivity index (χ3n) is 21.0. The van der Waals surface area contributed by atoms with Gasteiger partial charge in [0.25, 0.3) is 87.5 Å². The number of non-ortho nitro benzene ring substituents is 2. The van der Waals surface area contributed by atoms with E-state index in [0.717, 1.165) is 110 Å². The summed E-state index contributed by atoms with van der Waals surface area (Å²) >= 11 is 18.9. The lowest BCUT2D eigenvalue weighted by Gasteiger charge is -2.28. The minimum absolute atomic E-state index is 0.0116. The van der Waals surface area contributed by atoms with E-state index in [1.165, 1.54) is 106 Å². The Morgan fingerprint density at radius 2 is 0.700 bits per heavy atom. The summed E-state index contributed by atoms with van der Waals surface area (Å²) in [6.45, 7) is 59.4. The number of hydrogen-bond acceptors (Lipinski definition) is 24. The lowest BCUT2D eigenvalue weighted by Crippen LogP contribution is -2.52. The lowest BCUT2D eigenvalue weighted by molar-refractivity contribution is -0.385. The molecule has 150 heavy (non-hydrogen) atoms. The molecule has 8 aliphatic rings. The highest BCUT2D eigenvalue weighted by atomic mass is 32.2. The molecular formula is C114H142N12O18S6. The van der Waals surface area contributed by atoms with E-state index in [0.29, 0.717) is 65.0 Å². The van der Waals surface area contributed by atoms with Crippen molar-refractivity contribution in [2.24, 2.45) is 0 Å². The maximum Gasteiger partial charge on any atom is 0.333 e. The Morgan fingerprint density at radius 1 is 0.347 bits per heavy atom. The second-order valence-electron chi connectivity index (χ2n) is 29.4. The Kier molecular flexibility index (Phi) is 63.7. The summed E-state index contributed by atoms with van der Waals surface area (Å²) in [5.74, 6) is -3.05. The van der Waals surface area contributed by atoms with Gasteiger partial charge >= 0.3 is 6.03 Å². The number of barbiturate groups is 1. The summed E-state index contributed by atoms with van der Waals surface area (Å²) in [6, 6.07) is 41.1. The second-order valence-corrected chi connectivity index (χ2v) is 34.1. The molecule has 36 heteroatoms. The third kappa shape index (κ3) is 35.3. The predicted molar refractivity (Wildman–Crippen MR) is 627 cm³/mol. The van der Waals surface area contributed by atoms with Gasteiger partial charge < -0.3 is 4.90 Å². The highest BCUT2D eigenvalue weighted by molar-refractivity contribution is 8.27. The predicted octanol–water partition coefficient (Wildman–Crippen LogP) is 27.5. The number of imide groups is 7. The number of thiocarbonyl (C=S) groups is 3. The molecule has 30 nitrogen and oxygen atoms in total. The maximum absolute atomic E-state index is 12.2. The molecule has 15 amide bonds. The van der Waals surface area contributed by atoms with Crippen LogP contribution in [0.4, 0.5) is 21.0 Å². The molecule has 0 aromatic heterocycles. The number of hydrogen-bond donors (Lipinski definition) is 0. The van der Waals surface area contributed by atoms with Gasteiger partial charge in [-0.3, -0.25) is 122 Å². The lowest BCUT2D eigenvalue weighted by atomic mass is 9.91. The van der Waals surface area contributed by atoms with Crippen LogP contribution in [0.15, 0.2) is 214 Å². The molecule has 4 fully saturated rings. The first-order valence-electron chi connectivity index (χ1n) is 48.6. The fourth-order valence-corrected chi connectivity index (χ4v) is 16.6. The fourth-order valence-electron chi connectivity index (χ4n) is 13.1. The number of amides is 15. The zero-order valence-electron chi connectivity index (χ0n) is 92.8. The molecule has 0 radical (unpaired) electrons. The monoisotopic (exact) mass is 2160 g/mol. The molecule has 4 saturated heterocycles. The zero-order chi connectivity index (χ0) is 116. The smallest absolute Gasteiger partial charge is 0.320 e. The summed E-state index contributed by atoms with van der Waals surface area (Å²) < 4.78 is 1.48. The van der Waals surface area contributed by atoms with Crippen molar-refractivity contribution in [3.63, 3.8) is 0 Å². The maximum atomic E-state index is 12.2. The minimum atomic E-state index is -0.597. The molecular weight excluding hydrogens is 2020 g/mol. The van der Waals surface area contributed by atoms with Crippen LogP contribution in [0.1, 0.15) is 289 Å². The number of thioether (sulfide) groups is 3. The van der Waals surface area contributed by atoms with E-state index >= 15 is 0 Å². The number of benzene rings is 8. The van der Waals surface area contributed by atoms with Crippen LogP contribution in [0.5, 0.6) is 0 Å². The summed E-state index contributed by atoms with van der Waals surface area (Å²) in [7, 11) is 13.8. The summed E-state index contributed by atoms with van der Waals surface area (Å²) in [6.07, 6.45) is 18.2. The molecule has 0 N–H and O–H groups in total. The summed E-state index contributed by atoms with van der Waals surface area (Å²) in [4.78, 5) is 198. The van der Waals surface area contributed by atoms with Crippen molar-refractivity contribution in [3.05, 3.63) is 324 Å². The fraction of sp³-hybridized carbons (Fsp3) is 0.316. The molecule has 16 rings (SSSR count). The van der Waals surface area contributed by atoms with Crippen LogP contribution in [0.3, 0.4) is 0 Å².